The van der Waals surface area contributed by atoms with Crippen LogP contribution in [0.4, 0.5) is 26.2 Å². The van der Waals surface area contributed by atoms with Crippen LogP contribution in [-0.2, 0) is 13.0 Å². The Labute approximate surface area is 184 Å². The zero-order valence-corrected chi connectivity index (χ0v) is 17.5. The van der Waals surface area contributed by atoms with E-state index in [1.54, 1.807) is 6.20 Å². The standard InChI is InChI=1S/C24H22FN5O2/c1-32-22-8-7-16(25)12-20(22)29-24(31)28-19-5-2-6-21-18(19)9-11-30(21)14-15-13-27-23-17(15)4-3-10-26-23/h2-8,10,12-13H,9,11,14H2,1H3,(H,26,27)(H2,28,29,31). The monoisotopic (exact) mass is 431 g/mol. The fourth-order valence-corrected chi connectivity index (χ4v) is 4.19. The fraction of sp³-hybridized carbons (Fsp3) is 0.167. The summed E-state index contributed by atoms with van der Waals surface area (Å²) in [5.74, 6) is -0.0657. The van der Waals surface area contributed by atoms with E-state index in [1.807, 2.05) is 24.4 Å². The van der Waals surface area contributed by atoms with Gasteiger partial charge >= 0.3 is 6.03 Å². The van der Waals surface area contributed by atoms with E-state index >= 15 is 0 Å². The molecule has 162 valence electrons. The van der Waals surface area contributed by atoms with Crippen molar-refractivity contribution in [2.75, 3.05) is 29.2 Å². The van der Waals surface area contributed by atoms with Crippen LogP contribution in [0.15, 0.2) is 60.9 Å². The molecule has 3 N–H and O–H groups in total. The molecule has 2 aromatic carbocycles. The van der Waals surface area contributed by atoms with Crippen molar-refractivity contribution in [3.8, 4) is 5.75 Å². The number of urea groups is 1. The van der Waals surface area contributed by atoms with Crippen LogP contribution in [0.3, 0.4) is 0 Å². The quantitative estimate of drug-likeness (QED) is 0.419. The number of carbonyl (C=O) groups excluding carboxylic acids is 1. The van der Waals surface area contributed by atoms with Gasteiger partial charge in [-0.2, -0.15) is 0 Å². The first kappa shape index (κ1) is 19.9. The zero-order valence-electron chi connectivity index (χ0n) is 17.5. The van der Waals surface area contributed by atoms with E-state index in [1.165, 1.54) is 30.9 Å². The number of carbonyl (C=O) groups is 1. The minimum Gasteiger partial charge on any atom is -0.495 e. The van der Waals surface area contributed by atoms with Gasteiger partial charge in [0.15, 0.2) is 0 Å². The Bertz CT molecular complexity index is 1300. The number of nitrogens with one attached hydrogen (secondary N) is 3. The summed E-state index contributed by atoms with van der Waals surface area (Å²) >= 11 is 0. The summed E-state index contributed by atoms with van der Waals surface area (Å²) in [5, 5.41) is 6.68. The van der Waals surface area contributed by atoms with Gasteiger partial charge in [0.05, 0.1) is 12.8 Å². The summed E-state index contributed by atoms with van der Waals surface area (Å²) in [7, 11) is 1.47. The predicted molar refractivity (Wildman–Crippen MR) is 123 cm³/mol. The number of benzene rings is 2. The van der Waals surface area contributed by atoms with E-state index < -0.39 is 11.8 Å². The maximum atomic E-state index is 13.6. The molecule has 32 heavy (non-hydrogen) atoms. The number of amides is 2. The molecule has 0 bridgehead atoms. The lowest BCUT2D eigenvalue weighted by molar-refractivity contribution is 0.262. The van der Waals surface area contributed by atoms with Gasteiger partial charge in [-0.25, -0.2) is 14.2 Å². The van der Waals surface area contributed by atoms with Crippen molar-refractivity contribution in [3.63, 3.8) is 0 Å². The van der Waals surface area contributed by atoms with Crippen LogP contribution in [0.25, 0.3) is 11.0 Å². The van der Waals surface area contributed by atoms with E-state index in [-0.39, 0.29) is 5.69 Å². The highest BCUT2D eigenvalue weighted by Gasteiger charge is 2.23. The third-order valence-electron chi connectivity index (χ3n) is 5.68. The second-order valence-electron chi connectivity index (χ2n) is 7.61. The second kappa shape index (κ2) is 8.22. The summed E-state index contributed by atoms with van der Waals surface area (Å²) in [6.45, 7) is 1.59. The molecule has 0 saturated carbocycles. The predicted octanol–water partition coefficient (Wildman–Crippen LogP) is 4.92. The Morgan fingerprint density at radius 3 is 2.94 bits per heavy atom. The van der Waals surface area contributed by atoms with Crippen molar-refractivity contribution in [1.82, 2.24) is 9.97 Å². The Morgan fingerprint density at radius 1 is 1.19 bits per heavy atom. The van der Waals surface area contributed by atoms with E-state index in [9.17, 15) is 9.18 Å². The number of hydrogen-bond acceptors (Lipinski definition) is 4. The van der Waals surface area contributed by atoms with Crippen LogP contribution >= 0.6 is 0 Å². The lowest BCUT2D eigenvalue weighted by Gasteiger charge is -2.19. The zero-order chi connectivity index (χ0) is 22.1. The number of halogens is 1. The minimum absolute atomic E-state index is 0.271. The van der Waals surface area contributed by atoms with Crippen molar-refractivity contribution in [3.05, 3.63) is 77.9 Å². The van der Waals surface area contributed by atoms with Crippen LogP contribution < -0.4 is 20.3 Å². The van der Waals surface area contributed by atoms with Gasteiger partial charge in [0.25, 0.3) is 0 Å². The number of fused-ring (bicyclic) bond motifs is 2. The van der Waals surface area contributed by atoms with E-state index in [0.29, 0.717) is 5.75 Å². The summed E-state index contributed by atoms with van der Waals surface area (Å²) in [4.78, 5) is 22.5. The van der Waals surface area contributed by atoms with Crippen LogP contribution in [0, 0.1) is 5.82 Å². The number of methoxy groups -OCH3 is 1. The van der Waals surface area contributed by atoms with Gasteiger partial charge in [-0.05, 0) is 48.4 Å². The molecule has 1 aliphatic heterocycles. The first-order valence-electron chi connectivity index (χ1n) is 10.3. The molecule has 7 nitrogen and oxygen atoms in total. The van der Waals surface area contributed by atoms with E-state index in [4.69, 9.17) is 4.74 Å². The van der Waals surface area contributed by atoms with Crippen molar-refractivity contribution in [2.45, 2.75) is 13.0 Å². The molecule has 0 unspecified atom stereocenters. The van der Waals surface area contributed by atoms with Gasteiger partial charge in [0.2, 0.25) is 0 Å². The highest BCUT2D eigenvalue weighted by molar-refractivity contribution is 6.01. The fourth-order valence-electron chi connectivity index (χ4n) is 4.19. The number of H-pyrrole nitrogens is 1. The summed E-state index contributed by atoms with van der Waals surface area (Å²) in [6.07, 6.45) is 4.59. The van der Waals surface area contributed by atoms with Crippen molar-refractivity contribution in [2.24, 2.45) is 0 Å². The van der Waals surface area contributed by atoms with Crippen molar-refractivity contribution >= 4 is 34.1 Å². The molecule has 2 aromatic heterocycles. The van der Waals surface area contributed by atoms with Gasteiger partial charge in [-0.15, -0.1) is 0 Å². The number of ether oxygens (including phenoxy) is 1. The Kier molecular flexibility index (Phi) is 5.10. The molecule has 4 aromatic rings. The number of anilines is 3. The molecule has 8 heteroatoms. The van der Waals surface area contributed by atoms with Crippen molar-refractivity contribution in [1.29, 1.82) is 0 Å². The Hall–Kier alpha value is -4.07. The smallest absolute Gasteiger partial charge is 0.323 e. The second-order valence-corrected chi connectivity index (χ2v) is 7.61. The van der Waals surface area contributed by atoms with Gasteiger partial charge in [-0.1, -0.05) is 6.07 Å². The highest BCUT2D eigenvalue weighted by Crippen LogP contribution is 2.35. The van der Waals surface area contributed by atoms with Crippen molar-refractivity contribution < 1.29 is 13.9 Å². The van der Waals surface area contributed by atoms with Crippen LogP contribution in [0.1, 0.15) is 11.1 Å². The lowest BCUT2D eigenvalue weighted by atomic mass is 10.1. The number of nitrogens with zero attached hydrogens (tertiary/aromatic N) is 2. The maximum absolute atomic E-state index is 13.6. The molecular weight excluding hydrogens is 409 g/mol. The molecule has 0 saturated heterocycles. The summed E-state index contributed by atoms with van der Waals surface area (Å²) in [6, 6.07) is 13.4. The third kappa shape index (κ3) is 3.71. The minimum atomic E-state index is -0.455. The van der Waals surface area contributed by atoms with Gasteiger partial charge in [-0.3, -0.25) is 0 Å². The molecular formula is C24H22FN5O2. The number of hydrogen-bond donors (Lipinski definition) is 3. The average Bonchev–Trinajstić information content (AvgIpc) is 3.39. The molecule has 0 radical (unpaired) electrons. The van der Waals surface area contributed by atoms with Gasteiger partial charge in [0, 0.05) is 53.9 Å². The molecule has 2 amide bonds. The third-order valence-corrected chi connectivity index (χ3v) is 5.68. The normalized spacial score (nSPS) is 12.6. The lowest BCUT2D eigenvalue weighted by Crippen LogP contribution is -2.21. The SMILES string of the molecule is COc1ccc(F)cc1NC(=O)Nc1cccc2c1CCN2Cc1c[nH]c2ncccc12. The largest absolute Gasteiger partial charge is 0.495 e. The molecule has 5 rings (SSSR count). The molecule has 0 atom stereocenters. The van der Waals surface area contributed by atoms with Crippen LogP contribution in [0.2, 0.25) is 0 Å². The Morgan fingerprint density at radius 2 is 2.06 bits per heavy atom. The summed E-state index contributed by atoms with van der Waals surface area (Å²) < 4.78 is 18.8. The Balaban J connectivity index is 1.34. The van der Waals surface area contributed by atoms with Gasteiger partial charge in [0.1, 0.15) is 17.2 Å². The number of pyridine rings is 1. The highest BCUT2D eigenvalue weighted by atomic mass is 19.1. The number of aromatic amines is 1. The molecule has 3 heterocycles. The van der Waals surface area contributed by atoms with E-state index in [2.05, 4.69) is 37.6 Å². The van der Waals surface area contributed by atoms with Crippen LogP contribution in [0.5, 0.6) is 5.75 Å². The van der Waals surface area contributed by atoms with Crippen LogP contribution in [-0.4, -0.2) is 29.7 Å². The molecule has 1 aliphatic rings. The number of aromatic nitrogens is 2. The van der Waals surface area contributed by atoms with Gasteiger partial charge < -0.3 is 25.3 Å². The molecule has 0 aliphatic carbocycles. The number of rotatable bonds is 5. The maximum Gasteiger partial charge on any atom is 0.323 e. The topological polar surface area (TPSA) is 82.3 Å². The first-order valence-corrected chi connectivity index (χ1v) is 10.3. The van der Waals surface area contributed by atoms with E-state index in [0.717, 1.165) is 47.5 Å². The average molecular weight is 431 g/mol. The molecule has 0 spiro atoms. The first-order chi connectivity index (χ1) is 15.6. The molecule has 0 fully saturated rings. The summed E-state index contributed by atoms with van der Waals surface area (Å²) in [5.41, 5.74) is 5.22.